The molecule has 9 rings (SSSR count). The second kappa shape index (κ2) is 16.7. The Labute approximate surface area is 345 Å². The lowest BCUT2D eigenvalue weighted by Gasteiger charge is -2.34. The molecular weight excluding hydrogens is 705 g/mol. The van der Waals surface area contributed by atoms with E-state index in [1.165, 1.54) is 50.1 Å². The third-order valence-corrected chi connectivity index (χ3v) is 12.2. The number of rotatable bonds is 10. The summed E-state index contributed by atoms with van der Waals surface area (Å²) in [7, 11) is 0. The lowest BCUT2D eigenvalue weighted by atomic mass is 9.84. The fraction of sp³-hybridized carbons (Fsp3) is 0.222. The minimum Gasteiger partial charge on any atom is -0.289 e. The van der Waals surface area contributed by atoms with Crippen molar-refractivity contribution < 1.29 is 0 Å². The highest BCUT2D eigenvalue weighted by atomic mass is 15.4. The Morgan fingerprint density at radius 2 is 0.690 bits per heavy atom. The van der Waals surface area contributed by atoms with Crippen molar-refractivity contribution in [1.82, 2.24) is 20.4 Å². The van der Waals surface area contributed by atoms with Crippen LogP contribution in [0.5, 0.6) is 0 Å². The van der Waals surface area contributed by atoms with E-state index in [-0.39, 0.29) is 41.9 Å². The van der Waals surface area contributed by atoms with Crippen LogP contribution in [0, 0.1) is 0 Å². The van der Waals surface area contributed by atoms with Crippen molar-refractivity contribution >= 4 is 0 Å². The fourth-order valence-corrected chi connectivity index (χ4v) is 9.33. The van der Waals surface area contributed by atoms with Gasteiger partial charge in [0.2, 0.25) is 0 Å². The average Bonchev–Trinajstić information content (AvgIpc) is 3.84. The third kappa shape index (κ3) is 7.94. The van der Waals surface area contributed by atoms with E-state index >= 15 is 0 Å². The van der Waals surface area contributed by atoms with Crippen molar-refractivity contribution in [3.05, 3.63) is 250 Å². The second-order valence-corrected chi connectivity index (χ2v) is 17.1. The SMILES string of the molecule is CC(C)(C)c1cc([C@@H]2N[C@H](c3ccccc3)[C@@H](c3ccccc3)N2Cc2ccccc2)cc([C@@H]2N[C@H](c3ccccc3)[C@@H](c3ccccc3)N2Cc2ccccc2)c1. The molecule has 0 bridgehead atoms. The van der Waals surface area contributed by atoms with Crippen LogP contribution >= 0.6 is 0 Å². The maximum Gasteiger partial charge on any atom is 0.0875 e. The van der Waals surface area contributed by atoms with Crippen LogP contribution in [0.3, 0.4) is 0 Å². The van der Waals surface area contributed by atoms with Gasteiger partial charge in [-0.1, -0.05) is 215 Å². The van der Waals surface area contributed by atoms with E-state index in [2.05, 4.69) is 241 Å². The molecule has 0 unspecified atom stereocenters. The molecule has 2 saturated heterocycles. The molecule has 0 saturated carbocycles. The molecular formula is C54H54N4. The quantitative estimate of drug-likeness (QED) is 0.145. The summed E-state index contributed by atoms with van der Waals surface area (Å²) in [6.45, 7) is 8.67. The average molecular weight is 759 g/mol. The maximum absolute atomic E-state index is 4.25. The summed E-state index contributed by atoms with van der Waals surface area (Å²) < 4.78 is 0. The summed E-state index contributed by atoms with van der Waals surface area (Å²) in [4.78, 5) is 5.41. The molecule has 0 amide bonds. The van der Waals surface area contributed by atoms with Crippen molar-refractivity contribution in [3.8, 4) is 0 Å². The first-order chi connectivity index (χ1) is 28.4. The summed E-state index contributed by atoms with van der Waals surface area (Å²) >= 11 is 0. The van der Waals surface area contributed by atoms with E-state index in [0.717, 1.165) is 13.1 Å². The topological polar surface area (TPSA) is 30.5 Å². The van der Waals surface area contributed by atoms with E-state index in [1.54, 1.807) is 0 Å². The molecule has 0 aromatic heterocycles. The normalized spacial score (nSPS) is 22.6. The van der Waals surface area contributed by atoms with Crippen molar-refractivity contribution in [2.24, 2.45) is 0 Å². The Kier molecular flexibility index (Phi) is 10.9. The van der Waals surface area contributed by atoms with Crippen LogP contribution in [-0.2, 0) is 18.5 Å². The lowest BCUT2D eigenvalue weighted by Crippen LogP contribution is -2.31. The molecule has 4 heteroatoms. The largest absolute Gasteiger partial charge is 0.289 e. The highest BCUT2D eigenvalue weighted by Gasteiger charge is 2.46. The van der Waals surface area contributed by atoms with Gasteiger partial charge in [-0.25, -0.2) is 0 Å². The van der Waals surface area contributed by atoms with Crippen LogP contribution in [0.25, 0.3) is 0 Å². The van der Waals surface area contributed by atoms with Gasteiger partial charge in [-0.05, 0) is 61.6 Å². The molecule has 0 aliphatic carbocycles. The van der Waals surface area contributed by atoms with Crippen LogP contribution in [0.1, 0.15) is 107 Å². The van der Waals surface area contributed by atoms with Gasteiger partial charge in [-0.15, -0.1) is 0 Å². The van der Waals surface area contributed by atoms with Gasteiger partial charge >= 0.3 is 0 Å². The summed E-state index contributed by atoms with van der Waals surface area (Å²) in [5.41, 5.74) is 11.7. The van der Waals surface area contributed by atoms with Gasteiger partial charge in [-0.2, -0.15) is 0 Å². The third-order valence-electron chi connectivity index (χ3n) is 12.2. The van der Waals surface area contributed by atoms with Gasteiger partial charge in [0.05, 0.1) is 36.5 Å². The second-order valence-electron chi connectivity index (χ2n) is 17.1. The zero-order valence-corrected chi connectivity index (χ0v) is 33.8. The van der Waals surface area contributed by atoms with Gasteiger partial charge in [0.25, 0.3) is 0 Å². The van der Waals surface area contributed by atoms with Gasteiger partial charge in [0.1, 0.15) is 0 Å². The van der Waals surface area contributed by atoms with E-state index in [0.29, 0.717) is 0 Å². The number of nitrogens with zero attached hydrogens (tertiary/aromatic N) is 2. The maximum atomic E-state index is 4.25. The van der Waals surface area contributed by atoms with Crippen LogP contribution in [-0.4, -0.2) is 9.80 Å². The van der Waals surface area contributed by atoms with Crippen LogP contribution in [0.2, 0.25) is 0 Å². The zero-order valence-electron chi connectivity index (χ0n) is 33.8. The molecule has 2 fully saturated rings. The molecule has 2 N–H and O–H groups in total. The van der Waals surface area contributed by atoms with Crippen LogP contribution in [0.4, 0.5) is 0 Å². The highest BCUT2D eigenvalue weighted by Crippen LogP contribution is 2.50. The standard InChI is InChI=1S/C54H54N4/c1-54(2,3)47-35-45(52-55-48(41-26-14-6-15-27-41)50(43-30-18-8-19-31-43)57(52)37-39-22-10-4-11-23-39)34-46(36-47)53-56-49(42-28-16-7-17-29-42)51(44-32-20-9-21-33-44)58(53)38-40-24-12-5-13-25-40/h4-36,48-53,55-56H,37-38H2,1-3H3/t48-,49-,50-,51-,52-,53-/m1/s1. The number of hydrogen-bond donors (Lipinski definition) is 2. The predicted molar refractivity (Wildman–Crippen MR) is 238 cm³/mol. The minimum absolute atomic E-state index is 0.0458. The molecule has 6 atom stereocenters. The zero-order chi connectivity index (χ0) is 39.5. The van der Waals surface area contributed by atoms with Crippen molar-refractivity contribution in [2.45, 2.75) is 75.8 Å². The molecule has 2 aliphatic rings. The highest BCUT2D eigenvalue weighted by molar-refractivity contribution is 5.42. The van der Waals surface area contributed by atoms with Gasteiger partial charge in [0.15, 0.2) is 0 Å². The van der Waals surface area contributed by atoms with E-state index in [9.17, 15) is 0 Å². The van der Waals surface area contributed by atoms with Gasteiger partial charge in [-0.3, -0.25) is 20.4 Å². The number of hydrogen-bond acceptors (Lipinski definition) is 4. The minimum atomic E-state index is -0.0776. The molecule has 0 spiro atoms. The lowest BCUT2D eigenvalue weighted by molar-refractivity contribution is 0.171. The van der Waals surface area contributed by atoms with E-state index < -0.39 is 0 Å². The Morgan fingerprint density at radius 3 is 1.02 bits per heavy atom. The summed E-state index contributed by atoms with van der Waals surface area (Å²) in [6, 6.07) is 74.1. The predicted octanol–water partition coefficient (Wildman–Crippen LogP) is 12.2. The Hall–Kier alpha value is -5.62. The van der Waals surface area contributed by atoms with Crippen molar-refractivity contribution in [3.63, 3.8) is 0 Å². The molecule has 7 aromatic carbocycles. The van der Waals surface area contributed by atoms with Gasteiger partial charge in [0, 0.05) is 13.1 Å². The molecule has 58 heavy (non-hydrogen) atoms. The smallest absolute Gasteiger partial charge is 0.0875 e. The molecule has 290 valence electrons. The van der Waals surface area contributed by atoms with E-state index in [4.69, 9.17) is 0 Å². The molecule has 7 aromatic rings. The van der Waals surface area contributed by atoms with E-state index in [1.807, 2.05) is 0 Å². The fourth-order valence-electron chi connectivity index (χ4n) is 9.33. The molecule has 0 radical (unpaired) electrons. The first-order valence-corrected chi connectivity index (χ1v) is 20.9. The van der Waals surface area contributed by atoms with Crippen LogP contribution < -0.4 is 10.6 Å². The molecule has 2 aliphatic heterocycles. The molecule has 4 nitrogen and oxygen atoms in total. The van der Waals surface area contributed by atoms with Crippen LogP contribution in [0.15, 0.2) is 200 Å². The summed E-state index contributed by atoms with van der Waals surface area (Å²) in [6.07, 6.45) is -0.0917. The first-order valence-electron chi connectivity index (χ1n) is 20.9. The first kappa shape index (κ1) is 37.9. The van der Waals surface area contributed by atoms with Gasteiger partial charge < -0.3 is 0 Å². The summed E-state index contributed by atoms with van der Waals surface area (Å²) in [5, 5.41) is 8.50. The molecule has 2 heterocycles. The monoisotopic (exact) mass is 758 g/mol. The Balaban J connectivity index is 1.21. The van der Waals surface area contributed by atoms with Crippen molar-refractivity contribution in [1.29, 1.82) is 0 Å². The Morgan fingerprint density at radius 1 is 0.379 bits per heavy atom. The van der Waals surface area contributed by atoms with Crippen molar-refractivity contribution in [2.75, 3.05) is 0 Å². The summed E-state index contributed by atoms with van der Waals surface area (Å²) in [5.74, 6) is 0. The number of nitrogens with one attached hydrogen (secondary N) is 2. The number of benzene rings is 7. The Bertz CT molecular complexity index is 2200.